The summed E-state index contributed by atoms with van der Waals surface area (Å²) in [7, 11) is 0. The molecule has 3 unspecified atom stereocenters. The van der Waals surface area contributed by atoms with Crippen molar-refractivity contribution in [2.75, 3.05) is 23.7 Å². The Hall–Kier alpha value is -3.42. The van der Waals surface area contributed by atoms with Crippen molar-refractivity contribution in [3.05, 3.63) is 57.8 Å². The molecular weight excluding hydrogens is 605 g/mol. The van der Waals surface area contributed by atoms with Gasteiger partial charge in [-0.3, -0.25) is 14.5 Å². The Bertz CT molecular complexity index is 1630. The third-order valence-electron chi connectivity index (χ3n) is 9.04. The van der Waals surface area contributed by atoms with Crippen molar-refractivity contribution in [3.8, 4) is 0 Å². The second-order valence-electron chi connectivity index (χ2n) is 12.1. The maximum absolute atomic E-state index is 14.9. The minimum Gasteiger partial charge on any atom is -0.465 e. The first kappa shape index (κ1) is 30.6. The van der Waals surface area contributed by atoms with Gasteiger partial charge in [0.2, 0.25) is 5.92 Å². The zero-order chi connectivity index (χ0) is 31.6. The molecule has 6 rings (SSSR count). The number of pyridine rings is 1. The smallest absolute Gasteiger partial charge is 0.416 e. The molecule has 1 aliphatic carbocycles. The molecule has 14 heteroatoms. The van der Waals surface area contributed by atoms with Gasteiger partial charge >= 0.3 is 18.0 Å². The predicted octanol–water partition coefficient (Wildman–Crippen LogP) is 6.57. The van der Waals surface area contributed by atoms with Crippen LogP contribution in [0, 0.1) is 0 Å². The Morgan fingerprint density at radius 2 is 1.75 bits per heavy atom. The van der Waals surface area contributed by atoms with E-state index in [1.165, 1.54) is 21.2 Å². The molecule has 2 aliphatic heterocycles. The number of halogens is 5. The van der Waals surface area contributed by atoms with Crippen molar-refractivity contribution < 1.29 is 31.9 Å². The van der Waals surface area contributed by atoms with Crippen LogP contribution in [-0.2, 0) is 12.7 Å². The number of anilines is 1. The molecule has 3 aliphatic rings. The molecule has 0 spiro atoms. The number of carbonyl (C=O) groups is 1. The normalized spacial score (nSPS) is 24.4. The van der Waals surface area contributed by atoms with E-state index in [-0.39, 0.29) is 60.1 Å². The van der Waals surface area contributed by atoms with E-state index < -0.39 is 60.3 Å². The molecule has 2 fully saturated rings. The van der Waals surface area contributed by atoms with Gasteiger partial charge in [-0.1, -0.05) is 6.07 Å². The van der Waals surface area contributed by atoms with Gasteiger partial charge in [0.1, 0.15) is 5.82 Å². The van der Waals surface area contributed by atoms with E-state index in [9.17, 15) is 36.6 Å². The molecule has 236 valence electrons. The zero-order valence-corrected chi connectivity index (χ0v) is 25.0. The number of nitrogens with zero attached hydrogens (tertiary/aromatic N) is 5. The minimum absolute atomic E-state index is 0.0325. The second-order valence-corrected chi connectivity index (χ2v) is 13.1. The number of hydrogen-bond acceptors (Lipinski definition) is 6. The van der Waals surface area contributed by atoms with Gasteiger partial charge in [0.25, 0.3) is 0 Å². The summed E-state index contributed by atoms with van der Waals surface area (Å²) >= 11 is 1.21. The largest absolute Gasteiger partial charge is 0.465 e. The van der Waals surface area contributed by atoms with Crippen molar-refractivity contribution >= 4 is 34.6 Å². The summed E-state index contributed by atoms with van der Waals surface area (Å²) in [6.45, 7) is 3.78. The number of benzene rings is 1. The highest BCUT2D eigenvalue weighted by Crippen LogP contribution is 2.52. The van der Waals surface area contributed by atoms with E-state index in [0.717, 1.165) is 6.07 Å². The first-order valence-corrected chi connectivity index (χ1v) is 15.6. The number of piperazine rings is 1. The van der Waals surface area contributed by atoms with E-state index in [0.29, 0.717) is 17.0 Å². The van der Waals surface area contributed by atoms with Gasteiger partial charge in [-0.15, -0.1) is 11.8 Å². The van der Waals surface area contributed by atoms with Crippen molar-refractivity contribution in [1.82, 2.24) is 19.4 Å². The number of hydrogen-bond donors (Lipinski definition) is 1. The van der Waals surface area contributed by atoms with Gasteiger partial charge in [0.05, 0.1) is 23.2 Å². The monoisotopic (exact) mass is 637 g/mol. The third kappa shape index (κ3) is 5.49. The van der Waals surface area contributed by atoms with Gasteiger partial charge in [-0.2, -0.15) is 18.2 Å². The van der Waals surface area contributed by atoms with Crippen molar-refractivity contribution in [2.24, 2.45) is 0 Å². The first-order valence-electron chi connectivity index (χ1n) is 14.6. The highest BCUT2D eigenvalue weighted by Gasteiger charge is 2.44. The fourth-order valence-corrected chi connectivity index (χ4v) is 8.49. The summed E-state index contributed by atoms with van der Waals surface area (Å²) in [5.41, 5.74) is -0.588. The lowest BCUT2D eigenvalue weighted by Crippen LogP contribution is -2.58. The SMILES string of the molecule is CC1CN(c2nc(=O)n3c4c(c(C5CCC(F)(F)CC5)c(C(F)(F)F)cc24)SCC(c2ccccn2)C3)CC(C)N1C(=O)O. The molecule has 2 aromatic heterocycles. The van der Waals surface area contributed by atoms with Crippen LogP contribution in [-0.4, -0.2) is 67.5 Å². The summed E-state index contributed by atoms with van der Waals surface area (Å²) < 4.78 is 74.5. The average molecular weight is 638 g/mol. The molecule has 1 N–H and O–H groups in total. The van der Waals surface area contributed by atoms with E-state index in [1.807, 2.05) is 0 Å². The molecule has 1 saturated carbocycles. The zero-order valence-electron chi connectivity index (χ0n) is 24.2. The fourth-order valence-electron chi connectivity index (χ4n) is 7.06. The Morgan fingerprint density at radius 1 is 1.07 bits per heavy atom. The average Bonchev–Trinajstić information content (AvgIpc) is 3.15. The lowest BCUT2D eigenvalue weighted by molar-refractivity contribution is -0.138. The standard InChI is InChI=1S/C30H32F5N5O3S/c1-16-12-38(13-17(2)40(16)28(42)43)26-20-11-21(30(33,34)35)23(18-6-8-29(31,32)9-7-18)25-24(20)39(27(41)37-26)14-19(15-44-25)22-5-3-4-10-36-22/h3-5,10-11,16-19H,6-9,12-15H2,1-2H3,(H,42,43). The summed E-state index contributed by atoms with van der Waals surface area (Å²) in [4.78, 5) is 37.7. The second kappa shape index (κ2) is 11.2. The van der Waals surface area contributed by atoms with Crippen LogP contribution in [0.4, 0.5) is 32.6 Å². The van der Waals surface area contributed by atoms with Gasteiger partial charge in [-0.05, 0) is 56.4 Å². The van der Waals surface area contributed by atoms with E-state index >= 15 is 0 Å². The van der Waals surface area contributed by atoms with Gasteiger partial charge < -0.3 is 10.0 Å². The van der Waals surface area contributed by atoms with E-state index in [4.69, 9.17) is 0 Å². The summed E-state index contributed by atoms with van der Waals surface area (Å²) in [6, 6.07) is 5.36. The molecule has 0 radical (unpaired) electrons. The van der Waals surface area contributed by atoms with Crippen molar-refractivity contribution in [3.63, 3.8) is 0 Å². The lowest BCUT2D eigenvalue weighted by Gasteiger charge is -2.43. The van der Waals surface area contributed by atoms with E-state index in [1.54, 1.807) is 43.1 Å². The molecule has 1 aromatic carbocycles. The van der Waals surface area contributed by atoms with Crippen LogP contribution in [0.1, 0.15) is 68.2 Å². The molecular formula is C30H32F5N5O3S. The van der Waals surface area contributed by atoms with Crippen LogP contribution in [0.3, 0.4) is 0 Å². The summed E-state index contributed by atoms with van der Waals surface area (Å²) in [6.07, 6.45) is -5.51. The molecule has 1 amide bonds. The molecule has 3 atom stereocenters. The van der Waals surface area contributed by atoms with Crippen LogP contribution in [0.15, 0.2) is 40.2 Å². The van der Waals surface area contributed by atoms with Crippen molar-refractivity contribution in [2.45, 2.75) is 87.0 Å². The molecule has 8 nitrogen and oxygen atoms in total. The third-order valence-corrected chi connectivity index (χ3v) is 10.3. The summed E-state index contributed by atoms with van der Waals surface area (Å²) in [5.74, 6) is -3.62. The number of aromatic nitrogens is 3. The van der Waals surface area contributed by atoms with E-state index in [2.05, 4.69) is 9.97 Å². The predicted molar refractivity (Wildman–Crippen MR) is 156 cm³/mol. The molecule has 1 saturated heterocycles. The highest BCUT2D eigenvalue weighted by molar-refractivity contribution is 7.99. The van der Waals surface area contributed by atoms with Crippen LogP contribution in [0.5, 0.6) is 0 Å². The summed E-state index contributed by atoms with van der Waals surface area (Å²) in [5, 5.41) is 9.82. The lowest BCUT2D eigenvalue weighted by atomic mass is 9.80. The van der Waals surface area contributed by atoms with Gasteiger partial charge in [0.15, 0.2) is 0 Å². The van der Waals surface area contributed by atoms with Crippen LogP contribution < -0.4 is 10.6 Å². The molecule has 44 heavy (non-hydrogen) atoms. The Labute approximate surface area is 254 Å². The number of thioether (sulfide) groups is 1. The number of carboxylic acid groups (broad SMARTS) is 1. The Kier molecular flexibility index (Phi) is 7.78. The van der Waals surface area contributed by atoms with Crippen LogP contribution in [0.2, 0.25) is 0 Å². The van der Waals surface area contributed by atoms with Crippen LogP contribution in [0.25, 0.3) is 10.9 Å². The van der Waals surface area contributed by atoms with Crippen LogP contribution >= 0.6 is 11.8 Å². The topological polar surface area (TPSA) is 91.6 Å². The molecule has 0 bridgehead atoms. The maximum atomic E-state index is 14.9. The fraction of sp³-hybridized carbons (Fsp3) is 0.533. The maximum Gasteiger partial charge on any atom is 0.416 e. The number of alkyl halides is 5. The Balaban J connectivity index is 1.59. The minimum atomic E-state index is -4.80. The highest BCUT2D eigenvalue weighted by atomic mass is 32.2. The molecule has 3 aromatic rings. The molecule has 4 heterocycles. The number of rotatable bonds is 3. The number of amides is 1. The quantitative estimate of drug-likeness (QED) is 0.325. The van der Waals surface area contributed by atoms with Crippen molar-refractivity contribution in [1.29, 1.82) is 0 Å². The Morgan fingerprint density at radius 3 is 2.34 bits per heavy atom. The van der Waals surface area contributed by atoms with Gasteiger partial charge in [-0.25, -0.2) is 18.4 Å². The van der Waals surface area contributed by atoms with Gasteiger partial charge in [0, 0.05) is 66.3 Å². The first-order chi connectivity index (χ1) is 20.7.